The van der Waals surface area contributed by atoms with Crippen LogP contribution in [0.3, 0.4) is 0 Å². The number of anilines is 1. The zero-order chi connectivity index (χ0) is 18.3. The lowest BCUT2D eigenvalue weighted by Crippen LogP contribution is -2.46. The Bertz CT molecular complexity index is 628. The molecule has 25 heavy (non-hydrogen) atoms. The van der Waals surface area contributed by atoms with Crippen LogP contribution in [0, 0.1) is 6.92 Å². The molecular weight excluding hydrogens is 340 g/mol. The Kier molecular flexibility index (Phi) is 7.08. The maximum absolute atomic E-state index is 12.0. The molecule has 1 aromatic carbocycles. The average molecular weight is 367 g/mol. The Balaban J connectivity index is 1.71. The summed E-state index contributed by atoms with van der Waals surface area (Å²) in [6.07, 6.45) is 2.45. The lowest BCUT2D eigenvalue weighted by molar-refractivity contribution is -0.116. The van der Waals surface area contributed by atoms with Gasteiger partial charge in [-0.3, -0.25) is 9.79 Å². The molecule has 6 nitrogen and oxygen atoms in total. The normalized spacial score (nSPS) is 20.4. The molecule has 3 N–H and O–H groups in total. The number of benzene rings is 1. The summed E-state index contributed by atoms with van der Waals surface area (Å²) in [6.45, 7) is 6.03. The number of rotatable bonds is 6. The summed E-state index contributed by atoms with van der Waals surface area (Å²) < 4.78 is 5.74. The highest BCUT2D eigenvalue weighted by Gasteiger charge is 2.29. The zero-order valence-corrected chi connectivity index (χ0v) is 15.9. The van der Waals surface area contributed by atoms with Crippen molar-refractivity contribution in [2.45, 2.75) is 38.7 Å². The van der Waals surface area contributed by atoms with Crippen LogP contribution in [0.5, 0.6) is 0 Å². The molecule has 1 aromatic rings. The summed E-state index contributed by atoms with van der Waals surface area (Å²) in [6, 6.07) is 5.55. The molecule has 1 unspecified atom stereocenters. The topological polar surface area (TPSA) is 74.8 Å². The van der Waals surface area contributed by atoms with Gasteiger partial charge >= 0.3 is 0 Å². The van der Waals surface area contributed by atoms with E-state index in [2.05, 4.69) is 27.9 Å². The average Bonchev–Trinajstić information content (AvgIpc) is 3.00. The molecule has 1 aliphatic heterocycles. The second kappa shape index (κ2) is 9.06. The molecule has 1 heterocycles. The quantitative estimate of drug-likeness (QED) is 0.534. The van der Waals surface area contributed by atoms with Crippen LogP contribution in [-0.4, -0.2) is 44.2 Å². The number of carbonyl (C=O) groups excluding carboxylic acids is 1. The van der Waals surface area contributed by atoms with E-state index in [4.69, 9.17) is 16.3 Å². The molecular formula is C18H27ClN4O2. The molecule has 2 rings (SSSR count). The molecule has 1 amide bonds. The van der Waals surface area contributed by atoms with Gasteiger partial charge in [0.1, 0.15) is 0 Å². The van der Waals surface area contributed by atoms with Crippen molar-refractivity contribution < 1.29 is 9.53 Å². The van der Waals surface area contributed by atoms with E-state index in [9.17, 15) is 4.79 Å². The second-order valence-corrected chi connectivity index (χ2v) is 6.94. The van der Waals surface area contributed by atoms with Gasteiger partial charge in [-0.05, 0) is 44.4 Å². The van der Waals surface area contributed by atoms with Gasteiger partial charge in [0.25, 0.3) is 0 Å². The lowest BCUT2D eigenvalue weighted by Gasteiger charge is -2.24. The van der Waals surface area contributed by atoms with Crippen LogP contribution in [0.1, 0.15) is 31.7 Å². The summed E-state index contributed by atoms with van der Waals surface area (Å²) in [5.41, 5.74) is 1.54. The zero-order valence-electron chi connectivity index (χ0n) is 15.1. The van der Waals surface area contributed by atoms with Crippen molar-refractivity contribution in [1.29, 1.82) is 0 Å². The Morgan fingerprint density at radius 1 is 1.40 bits per heavy atom. The fraction of sp³-hybridized carbons (Fsp3) is 0.556. The van der Waals surface area contributed by atoms with Gasteiger partial charge < -0.3 is 20.7 Å². The third kappa shape index (κ3) is 6.21. The minimum absolute atomic E-state index is 0.0974. The highest BCUT2D eigenvalue weighted by Crippen LogP contribution is 2.24. The van der Waals surface area contributed by atoms with E-state index in [0.29, 0.717) is 36.2 Å². The first kappa shape index (κ1) is 19.5. The first-order chi connectivity index (χ1) is 11.9. The second-order valence-electron chi connectivity index (χ2n) is 6.54. The lowest BCUT2D eigenvalue weighted by atomic mass is 10.0. The molecule has 1 saturated heterocycles. The van der Waals surface area contributed by atoms with Crippen molar-refractivity contribution in [3.8, 4) is 0 Å². The smallest absolute Gasteiger partial charge is 0.226 e. The Morgan fingerprint density at radius 2 is 2.20 bits per heavy atom. The van der Waals surface area contributed by atoms with Crippen LogP contribution in [0.25, 0.3) is 0 Å². The minimum Gasteiger partial charge on any atom is -0.373 e. The van der Waals surface area contributed by atoms with Crippen molar-refractivity contribution in [2.75, 3.05) is 32.1 Å². The van der Waals surface area contributed by atoms with Gasteiger partial charge in [0.2, 0.25) is 5.91 Å². The van der Waals surface area contributed by atoms with E-state index >= 15 is 0 Å². The van der Waals surface area contributed by atoms with E-state index in [-0.39, 0.29) is 11.5 Å². The summed E-state index contributed by atoms with van der Waals surface area (Å²) in [5.74, 6) is 0.567. The number of aliphatic imine (C=N–C) groups is 1. The van der Waals surface area contributed by atoms with E-state index in [1.165, 1.54) is 0 Å². The molecule has 1 atom stereocenters. The van der Waals surface area contributed by atoms with Crippen LogP contribution < -0.4 is 16.0 Å². The summed E-state index contributed by atoms with van der Waals surface area (Å²) >= 11 is 6.13. The van der Waals surface area contributed by atoms with E-state index in [0.717, 1.165) is 25.0 Å². The van der Waals surface area contributed by atoms with Crippen molar-refractivity contribution in [3.63, 3.8) is 0 Å². The molecule has 1 fully saturated rings. The number of carbonyl (C=O) groups is 1. The molecule has 0 spiro atoms. The monoisotopic (exact) mass is 366 g/mol. The summed E-state index contributed by atoms with van der Waals surface area (Å²) in [5, 5.41) is 9.76. The molecule has 0 aromatic heterocycles. The molecule has 0 bridgehead atoms. The van der Waals surface area contributed by atoms with Gasteiger partial charge in [0.15, 0.2) is 5.96 Å². The molecule has 0 radical (unpaired) electrons. The van der Waals surface area contributed by atoms with Crippen molar-refractivity contribution in [3.05, 3.63) is 28.8 Å². The molecule has 0 aliphatic carbocycles. The van der Waals surface area contributed by atoms with Crippen LogP contribution in [-0.2, 0) is 9.53 Å². The first-order valence-electron chi connectivity index (χ1n) is 8.56. The number of halogens is 1. The first-order valence-corrected chi connectivity index (χ1v) is 8.94. The van der Waals surface area contributed by atoms with Crippen LogP contribution in [0.2, 0.25) is 5.02 Å². The van der Waals surface area contributed by atoms with Gasteiger partial charge in [-0.25, -0.2) is 0 Å². The van der Waals surface area contributed by atoms with Gasteiger partial charge in [0.05, 0.1) is 16.3 Å². The Morgan fingerprint density at radius 3 is 2.84 bits per heavy atom. The Hall–Kier alpha value is -1.79. The van der Waals surface area contributed by atoms with Gasteiger partial charge in [-0.2, -0.15) is 0 Å². The number of hydrogen-bond donors (Lipinski definition) is 3. The van der Waals surface area contributed by atoms with Gasteiger partial charge in [-0.1, -0.05) is 17.7 Å². The molecule has 138 valence electrons. The SMILES string of the molecule is CN=C(NCCC(=O)Nc1ccc(C)cc1Cl)NCC1(C)CCCO1. The third-order valence-electron chi connectivity index (χ3n) is 4.20. The maximum atomic E-state index is 12.0. The van der Waals surface area contributed by atoms with Crippen LogP contribution in [0.4, 0.5) is 5.69 Å². The van der Waals surface area contributed by atoms with Gasteiger partial charge in [-0.15, -0.1) is 0 Å². The van der Waals surface area contributed by atoms with E-state index in [1.54, 1.807) is 7.05 Å². The summed E-state index contributed by atoms with van der Waals surface area (Å²) in [4.78, 5) is 16.2. The number of amides is 1. The number of hydrogen-bond acceptors (Lipinski definition) is 3. The maximum Gasteiger partial charge on any atom is 0.226 e. The third-order valence-corrected chi connectivity index (χ3v) is 4.51. The largest absolute Gasteiger partial charge is 0.373 e. The van der Waals surface area contributed by atoms with Gasteiger partial charge in [0, 0.05) is 33.2 Å². The molecule has 7 heteroatoms. The highest BCUT2D eigenvalue weighted by atomic mass is 35.5. The van der Waals surface area contributed by atoms with Crippen LogP contribution >= 0.6 is 11.6 Å². The fourth-order valence-electron chi connectivity index (χ4n) is 2.70. The van der Waals surface area contributed by atoms with E-state index < -0.39 is 0 Å². The predicted molar refractivity (Wildman–Crippen MR) is 102 cm³/mol. The number of ether oxygens (including phenoxy) is 1. The van der Waals surface area contributed by atoms with Crippen molar-refractivity contribution in [2.24, 2.45) is 4.99 Å². The van der Waals surface area contributed by atoms with Crippen molar-refractivity contribution >= 4 is 29.2 Å². The number of nitrogens with zero attached hydrogens (tertiary/aromatic N) is 1. The van der Waals surface area contributed by atoms with Crippen molar-refractivity contribution in [1.82, 2.24) is 10.6 Å². The standard InChI is InChI=1S/C18H27ClN4O2/c1-13-5-6-15(14(19)11-13)23-16(24)7-9-21-17(20-3)22-12-18(2)8-4-10-25-18/h5-6,11H,4,7-10,12H2,1-3H3,(H,23,24)(H2,20,21,22). The Labute approximate surface area is 154 Å². The highest BCUT2D eigenvalue weighted by molar-refractivity contribution is 6.33. The molecule has 0 saturated carbocycles. The summed E-state index contributed by atoms with van der Waals surface area (Å²) in [7, 11) is 1.71. The predicted octanol–water partition coefficient (Wildman–Crippen LogP) is 2.71. The fourth-order valence-corrected chi connectivity index (χ4v) is 2.98. The van der Waals surface area contributed by atoms with E-state index in [1.807, 2.05) is 25.1 Å². The minimum atomic E-state index is -0.142. The number of guanidine groups is 1. The van der Waals surface area contributed by atoms with Crippen LogP contribution in [0.15, 0.2) is 23.2 Å². The molecule has 1 aliphatic rings. The number of aryl methyl sites for hydroxylation is 1. The number of nitrogens with one attached hydrogen (secondary N) is 3.